The van der Waals surface area contributed by atoms with Crippen molar-refractivity contribution in [3.05, 3.63) is 65.9 Å². The Morgan fingerprint density at radius 1 is 1.00 bits per heavy atom. The highest BCUT2D eigenvalue weighted by atomic mass is 16.3. The van der Waals surface area contributed by atoms with Crippen LogP contribution in [0.1, 0.15) is 15.9 Å². The van der Waals surface area contributed by atoms with Crippen molar-refractivity contribution in [2.75, 3.05) is 5.73 Å². The first-order valence-electron chi connectivity index (χ1n) is 5.62. The Balaban J connectivity index is 2.09. The van der Waals surface area contributed by atoms with Crippen LogP contribution in [0, 0.1) is 0 Å². The van der Waals surface area contributed by atoms with E-state index in [-0.39, 0.29) is 5.78 Å². The Bertz CT molecular complexity index is 711. The first kappa shape index (κ1) is 10.6. The molecular weight excluding hydrogens is 226 g/mol. The Hall–Kier alpha value is -2.55. The average molecular weight is 237 g/mol. The van der Waals surface area contributed by atoms with E-state index in [0.717, 1.165) is 11.0 Å². The fraction of sp³-hybridized carbons (Fsp3) is 0. The quantitative estimate of drug-likeness (QED) is 0.549. The van der Waals surface area contributed by atoms with Crippen molar-refractivity contribution in [1.82, 2.24) is 0 Å². The van der Waals surface area contributed by atoms with E-state index in [4.69, 9.17) is 10.2 Å². The summed E-state index contributed by atoms with van der Waals surface area (Å²) >= 11 is 0. The molecule has 2 N–H and O–H groups in total. The number of hydrogen-bond acceptors (Lipinski definition) is 3. The summed E-state index contributed by atoms with van der Waals surface area (Å²) in [4.78, 5) is 12.3. The molecule has 18 heavy (non-hydrogen) atoms. The van der Waals surface area contributed by atoms with E-state index >= 15 is 0 Å². The van der Waals surface area contributed by atoms with Crippen LogP contribution in [0.5, 0.6) is 0 Å². The number of anilines is 1. The lowest BCUT2D eigenvalue weighted by atomic mass is 10.0. The molecule has 0 saturated heterocycles. The maximum atomic E-state index is 12.3. The molecule has 0 aliphatic rings. The number of benzene rings is 2. The van der Waals surface area contributed by atoms with Gasteiger partial charge in [0.2, 0.25) is 0 Å². The fourth-order valence-corrected chi connectivity index (χ4v) is 1.94. The number of ketones is 1. The van der Waals surface area contributed by atoms with Crippen LogP contribution < -0.4 is 5.73 Å². The SMILES string of the molecule is Nc1ccc(C(=O)c2coc3ccccc23)cc1. The molecule has 3 aromatic rings. The van der Waals surface area contributed by atoms with Crippen LogP contribution in [0.4, 0.5) is 5.69 Å². The monoisotopic (exact) mass is 237 g/mol. The molecule has 0 aliphatic heterocycles. The third-order valence-electron chi connectivity index (χ3n) is 2.90. The van der Waals surface area contributed by atoms with Gasteiger partial charge in [-0.1, -0.05) is 18.2 Å². The van der Waals surface area contributed by atoms with Crippen molar-refractivity contribution in [3.63, 3.8) is 0 Å². The molecule has 3 heteroatoms. The molecule has 0 saturated carbocycles. The third kappa shape index (κ3) is 1.66. The summed E-state index contributed by atoms with van der Waals surface area (Å²) in [6, 6.07) is 14.4. The molecule has 0 spiro atoms. The highest BCUT2D eigenvalue weighted by Gasteiger charge is 2.14. The fourth-order valence-electron chi connectivity index (χ4n) is 1.94. The zero-order valence-electron chi connectivity index (χ0n) is 9.59. The molecule has 1 aromatic heterocycles. The van der Waals surface area contributed by atoms with Gasteiger partial charge in [0.15, 0.2) is 5.78 Å². The van der Waals surface area contributed by atoms with Crippen LogP contribution >= 0.6 is 0 Å². The normalized spacial score (nSPS) is 10.7. The minimum absolute atomic E-state index is 0.0556. The molecule has 2 aromatic carbocycles. The molecule has 3 rings (SSSR count). The number of carbonyl (C=O) groups is 1. The van der Waals surface area contributed by atoms with E-state index in [2.05, 4.69) is 0 Å². The zero-order valence-corrected chi connectivity index (χ0v) is 9.59. The van der Waals surface area contributed by atoms with E-state index in [1.54, 1.807) is 24.3 Å². The van der Waals surface area contributed by atoms with Gasteiger partial charge in [0.25, 0.3) is 0 Å². The first-order valence-corrected chi connectivity index (χ1v) is 5.62. The largest absolute Gasteiger partial charge is 0.464 e. The summed E-state index contributed by atoms with van der Waals surface area (Å²) in [7, 11) is 0. The summed E-state index contributed by atoms with van der Waals surface area (Å²) in [5.41, 5.74) is 8.15. The molecule has 0 fully saturated rings. The highest BCUT2D eigenvalue weighted by molar-refractivity contribution is 6.15. The molecule has 1 heterocycles. The number of fused-ring (bicyclic) bond motifs is 1. The number of rotatable bonds is 2. The second-order valence-electron chi connectivity index (χ2n) is 4.10. The van der Waals surface area contributed by atoms with Crippen molar-refractivity contribution in [2.45, 2.75) is 0 Å². The zero-order chi connectivity index (χ0) is 12.5. The van der Waals surface area contributed by atoms with E-state index < -0.39 is 0 Å². The van der Waals surface area contributed by atoms with Crippen LogP contribution in [-0.4, -0.2) is 5.78 Å². The number of hydrogen-bond donors (Lipinski definition) is 1. The molecule has 0 radical (unpaired) electrons. The lowest BCUT2D eigenvalue weighted by molar-refractivity contribution is 0.103. The number of para-hydroxylation sites is 1. The molecule has 0 aliphatic carbocycles. The third-order valence-corrected chi connectivity index (χ3v) is 2.90. The summed E-state index contributed by atoms with van der Waals surface area (Å²) < 4.78 is 5.37. The first-order chi connectivity index (χ1) is 8.75. The summed E-state index contributed by atoms with van der Waals surface area (Å²) in [6.45, 7) is 0. The number of carbonyl (C=O) groups excluding carboxylic acids is 1. The van der Waals surface area contributed by atoms with Crippen LogP contribution in [0.15, 0.2) is 59.2 Å². The average Bonchev–Trinajstić information content (AvgIpc) is 2.82. The molecule has 3 nitrogen and oxygen atoms in total. The standard InChI is InChI=1S/C15H11NO2/c16-11-7-5-10(6-8-11)15(17)13-9-18-14-4-2-1-3-12(13)14/h1-9H,16H2. The minimum atomic E-state index is -0.0556. The van der Waals surface area contributed by atoms with Gasteiger partial charge in [-0.15, -0.1) is 0 Å². The van der Waals surface area contributed by atoms with Gasteiger partial charge in [-0.05, 0) is 30.3 Å². The predicted octanol–water partition coefficient (Wildman–Crippen LogP) is 3.25. The molecule has 0 bridgehead atoms. The Morgan fingerprint density at radius 3 is 2.50 bits per heavy atom. The van der Waals surface area contributed by atoms with Gasteiger partial charge < -0.3 is 10.2 Å². The molecular formula is C15H11NO2. The Labute approximate surface area is 104 Å². The highest BCUT2D eigenvalue weighted by Crippen LogP contribution is 2.23. The minimum Gasteiger partial charge on any atom is -0.464 e. The van der Waals surface area contributed by atoms with Gasteiger partial charge in [0, 0.05) is 16.6 Å². The summed E-state index contributed by atoms with van der Waals surface area (Å²) in [6.07, 6.45) is 1.50. The second-order valence-corrected chi connectivity index (χ2v) is 4.10. The van der Waals surface area contributed by atoms with Crippen molar-refractivity contribution < 1.29 is 9.21 Å². The van der Waals surface area contributed by atoms with E-state index in [9.17, 15) is 4.79 Å². The van der Waals surface area contributed by atoms with Gasteiger partial charge in [0.1, 0.15) is 11.8 Å². The predicted molar refractivity (Wildman–Crippen MR) is 70.5 cm³/mol. The smallest absolute Gasteiger partial charge is 0.196 e. The van der Waals surface area contributed by atoms with Crippen LogP contribution in [-0.2, 0) is 0 Å². The molecule has 88 valence electrons. The maximum absolute atomic E-state index is 12.3. The summed E-state index contributed by atoms with van der Waals surface area (Å²) in [5, 5.41) is 0.833. The maximum Gasteiger partial charge on any atom is 0.196 e. The van der Waals surface area contributed by atoms with E-state index in [0.29, 0.717) is 16.8 Å². The van der Waals surface area contributed by atoms with Crippen LogP contribution in [0.3, 0.4) is 0 Å². The van der Waals surface area contributed by atoms with E-state index in [1.807, 2.05) is 24.3 Å². The van der Waals surface area contributed by atoms with Gasteiger partial charge in [-0.2, -0.15) is 0 Å². The van der Waals surface area contributed by atoms with Crippen molar-refractivity contribution in [2.24, 2.45) is 0 Å². The molecule has 0 amide bonds. The van der Waals surface area contributed by atoms with Crippen molar-refractivity contribution >= 4 is 22.4 Å². The lowest BCUT2D eigenvalue weighted by Gasteiger charge is -1.99. The lowest BCUT2D eigenvalue weighted by Crippen LogP contribution is -2.00. The van der Waals surface area contributed by atoms with Crippen LogP contribution in [0.2, 0.25) is 0 Å². The number of furan rings is 1. The number of nitrogen functional groups attached to an aromatic ring is 1. The van der Waals surface area contributed by atoms with E-state index in [1.165, 1.54) is 6.26 Å². The van der Waals surface area contributed by atoms with Gasteiger partial charge in [0.05, 0.1) is 5.56 Å². The van der Waals surface area contributed by atoms with Gasteiger partial charge in [-0.25, -0.2) is 0 Å². The topological polar surface area (TPSA) is 56.2 Å². The number of nitrogens with two attached hydrogens (primary N) is 1. The van der Waals surface area contributed by atoms with Crippen LogP contribution in [0.25, 0.3) is 11.0 Å². The second kappa shape index (κ2) is 4.04. The molecule has 0 atom stereocenters. The van der Waals surface area contributed by atoms with Gasteiger partial charge >= 0.3 is 0 Å². The van der Waals surface area contributed by atoms with Crippen molar-refractivity contribution in [3.8, 4) is 0 Å². The van der Waals surface area contributed by atoms with Gasteiger partial charge in [-0.3, -0.25) is 4.79 Å². The Kier molecular flexibility index (Phi) is 2.38. The Morgan fingerprint density at radius 2 is 1.72 bits per heavy atom. The molecule has 0 unspecified atom stereocenters. The summed E-state index contributed by atoms with van der Waals surface area (Å²) in [5.74, 6) is -0.0556. The van der Waals surface area contributed by atoms with Crippen molar-refractivity contribution in [1.29, 1.82) is 0 Å².